The summed E-state index contributed by atoms with van der Waals surface area (Å²) in [5.41, 5.74) is 10.6. The second kappa shape index (κ2) is 8.76. The zero-order valence-corrected chi connectivity index (χ0v) is 16.5. The minimum atomic E-state index is -0.158. The van der Waals surface area contributed by atoms with E-state index in [1.54, 1.807) is 0 Å². The summed E-state index contributed by atoms with van der Waals surface area (Å²) < 4.78 is 0. The number of carbonyl (C=O) groups is 1. The van der Waals surface area contributed by atoms with Crippen LogP contribution in [-0.4, -0.2) is 31.6 Å². The van der Waals surface area contributed by atoms with Crippen molar-refractivity contribution >= 4 is 11.6 Å². The van der Waals surface area contributed by atoms with Crippen LogP contribution in [0, 0.1) is 5.92 Å². The monoisotopic (exact) mass is 378 g/mol. The number of anilines is 1. The number of amides is 1. The number of para-hydroxylation sites is 1. The van der Waals surface area contributed by atoms with Gasteiger partial charge in [-0.2, -0.15) is 0 Å². The van der Waals surface area contributed by atoms with Crippen LogP contribution in [0.25, 0.3) is 0 Å². The molecule has 4 rings (SSSR count). The summed E-state index contributed by atoms with van der Waals surface area (Å²) in [6.45, 7) is 4.78. The number of hydrogen-bond acceptors (Lipinski definition) is 4. The van der Waals surface area contributed by atoms with Crippen LogP contribution in [0.4, 0.5) is 5.69 Å². The van der Waals surface area contributed by atoms with Crippen LogP contribution in [0.1, 0.15) is 36.9 Å². The lowest BCUT2D eigenvalue weighted by atomic mass is 9.77. The maximum Gasteiger partial charge on any atom is 0.238 e. The SMILES string of the molecule is CCN(CCCNC(=O)C1NNC2c3ccccc3CCC12)c1ccccc1. The van der Waals surface area contributed by atoms with Gasteiger partial charge >= 0.3 is 0 Å². The first-order valence-corrected chi connectivity index (χ1v) is 10.4. The predicted octanol–water partition coefficient (Wildman–Crippen LogP) is 2.80. The summed E-state index contributed by atoms with van der Waals surface area (Å²) in [6, 6.07) is 19.1. The van der Waals surface area contributed by atoms with Gasteiger partial charge in [-0.15, -0.1) is 0 Å². The van der Waals surface area contributed by atoms with E-state index in [0.29, 0.717) is 12.5 Å². The molecule has 28 heavy (non-hydrogen) atoms. The first kappa shape index (κ1) is 19.0. The lowest BCUT2D eigenvalue weighted by Crippen LogP contribution is -2.46. The van der Waals surface area contributed by atoms with Gasteiger partial charge in [0.05, 0.1) is 6.04 Å². The second-order valence-electron chi connectivity index (χ2n) is 7.71. The van der Waals surface area contributed by atoms with Crippen LogP contribution in [0.5, 0.6) is 0 Å². The third-order valence-corrected chi connectivity index (χ3v) is 6.08. The molecule has 1 amide bonds. The van der Waals surface area contributed by atoms with Gasteiger partial charge in [0.2, 0.25) is 5.91 Å². The van der Waals surface area contributed by atoms with Gasteiger partial charge in [-0.3, -0.25) is 4.79 Å². The van der Waals surface area contributed by atoms with Crippen LogP contribution >= 0.6 is 0 Å². The van der Waals surface area contributed by atoms with Crippen LogP contribution in [0.3, 0.4) is 0 Å². The number of hydrogen-bond donors (Lipinski definition) is 3. The van der Waals surface area contributed by atoms with E-state index in [9.17, 15) is 4.79 Å². The Hall–Kier alpha value is -2.37. The fourth-order valence-electron chi connectivity index (χ4n) is 4.58. The number of nitrogens with one attached hydrogen (secondary N) is 3. The van der Waals surface area contributed by atoms with Gasteiger partial charge in [0.15, 0.2) is 0 Å². The van der Waals surface area contributed by atoms with Gasteiger partial charge in [-0.05, 0) is 49.4 Å². The normalized spacial score (nSPS) is 23.0. The van der Waals surface area contributed by atoms with Crippen LogP contribution in [0.2, 0.25) is 0 Å². The van der Waals surface area contributed by atoms with Crippen molar-refractivity contribution < 1.29 is 4.79 Å². The summed E-state index contributed by atoms with van der Waals surface area (Å²) in [7, 11) is 0. The Labute approximate surface area is 167 Å². The molecule has 1 aliphatic carbocycles. The number of carbonyl (C=O) groups excluding carboxylic acids is 1. The molecule has 0 bridgehead atoms. The van der Waals surface area contributed by atoms with Crippen LogP contribution in [0.15, 0.2) is 54.6 Å². The molecule has 2 aromatic carbocycles. The number of aryl methyl sites for hydroxylation is 1. The molecule has 148 valence electrons. The molecule has 0 radical (unpaired) electrons. The molecule has 5 heteroatoms. The molecule has 0 saturated carbocycles. The Kier molecular flexibility index (Phi) is 5.93. The maximum atomic E-state index is 12.8. The molecule has 1 heterocycles. The predicted molar refractivity (Wildman–Crippen MR) is 113 cm³/mol. The lowest BCUT2D eigenvalue weighted by molar-refractivity contribution is -0.123. The fraction of sp³-hybridized carbons (Fsp3) is 0.435. The third-order valence-electron chi connectivity index (χ3n) is 6.08. The molecule has 3 atom stereocenters. The van der Waals surface area contributed by atoms with Gasteiger partial charge in [0.1, 0.15) is 6.04 Å². The Morgan fingerprint density at radius 3 is 2.71 bits per heavy atom. The summed E-state index contributed by atoms with van der Waals surface area (Å²) in [6.07, 6.45) is 3.02. The van der Waals surface area contributed by atoms with Crippen LogP contribution < -0.4 is 21.1 Å². The summed E-state index contributed by atoms with van der Waals surface area (Å²) in [4.78, 5) is 15.1. The van der Waals surface area contributed by atoms with Crippen molar-refractivity contribution in [2.24, 2.45) is 5.92 Å². The van der Waals surface area contributed by atoms with E-state index < -0.39 is 0 Å². The van der Waals surface area contributed by atoms with E-state index >= 15 is 0 Å². The second-order valence-corrected chi connectivity index (χ2v) is 7.71. The average molecular weight is 379 g/mol. The molecular formula is C23H30N4O. The Bertz CT molecular complexity index is 794. The maximum absolute atomic E-state index is 12.8. The molecule has 1 fully saturated rings. The van der Waals surface area contributed by atoms with E-state index in [1.807, 2.05) is 6.07 Å². The van der Waals surface area contributed by atoms with E-state index in [1.165, 1.54) is 16.8 Å². The van der Waals surface area contributed by atoms with Gasteiger partial charge in [-0.25, -0.2) is 10.9 Å². The van der Waals surface area contributed by atoms with Gasteiger partial charge in [0.25, 0.3) is 0 Å². The van der Waals surface area contributed by atoms with E-state index in [0.717, 1.165) is 32.4 Å². The van der Waals surface area contributed by atoms with Crippen molar-refractivity contribution in [1.29, 1.82) is 0 Å². The zero-order chi connectivity index (χ0) is 19.3. The number of nitrogens with zero attached hydrogens (tertiary/aromatic N) is 1. The summed E-state index contributed by atoms with van der Waals surface area (Å²) in [5.74, 6) is 0.425. The van der Waals surface area contributed by atoms with E-state index in [-0.39, 0.29) is 18.0 Å². The number of rotatable bonds is 7. The Morgan fingerprint density at radius 2 is 1.89 bits per heavy atom. The first-order chi connectivity index (χ1) is 13.8. The molecule has 5 nitrogen and oxygen atoms in total. The van der Waals surface area contributed by atoms with Crippen LogP contribution in [-0.2, 0) is 11.2 Å². The molecule has 3 N–H and O–H groups in total. The zero-order valence-electron chi connectivity index (χ0n) is 16.5. The van der Waals surface area contributed by atoms with Crippen molar-refractivity contribution in [3.63, 3.8) is 0 Å². The number of fused-ring (bicyclic) bond motifs is 3. The summed E-state index contributed by atoms with van der Waals surface area (Å²) in [5, 5.41) is 3.14. The third kappa shape index (κ3) is 3.91. The van der Waals surface area contributed by atoms with Crippen molar-refractivity contribution in [2.45, 2.75) is 38.3 Å². The minimum Gasteiger partial charge on any atom is -0.372 e. The molecule has 1 saturated heterocycles. The number of hydrazine groups is 1. The molecule has 1 aliphatic heterocycles. The fourth-order valence-corrected chi connectivity index (χ4v) is 4.58. The summed E-state index contributed by atoms with van der Waals surface area (Å²) >= 11 is 0. The largest absolute Gasteiger partial charge is 0.372 e. The quantitative estimate of drug-likeness (QED) is 0.649. The highest BCUT2D eigenvalue weighted by Crippen LogP contribution is 2.38. The first-order valence-electron chi connectivity index (χ1n) is 10.4. The van der Waals surface area contributed by atoms with E-state index in [4.69, 9.17) is 0 Å². The topological polar surface area (TPSA) is 56.4 Å². The number of benzene rings is 2. The molecular weight excluding hydrogens is 348 g/mol. The highest BCUT2D eigenvalue weighted by Gasteiger charge is 2.42. The average Bonchev–Trinajstić information content (AvgIpc) is 3.19. The van der Waals surface area contributed by atoms with Gasteiger partial charge < -0.3 is 10.2 Å². The molecule has 2 aliphatic rings. The molecule has 2 aromatic rings. The van der Waals surface area contributed by atoms with Crippen molar-refractivity contribution in [3.8, 4) is 0 Å². The molecule has 3 unspecified atom stereocenters. The van der Waals surface area contributed by atoms with Crippen molar-refractivity contribution in [1.82, 2.24) is 16.2 Å². The van der Waals surface area contributed by atoms with Crippen molar-refractivity contribution in [3.05, 3.63) is 65.7 Å². The molecule has 0 spiro atoms. The van der Waals surface area contributed by atoms with Crippen molar-refractivity contribution in [2.75, 3.05) is 24.5 Å². The van der Waals surface area contributed by atoms with Gasteiger partial charge in [-0.1, -0.05) is 42.5 Å². The van der Waals surface area contributed by atoms with Gasteiger partial charge in [0, 0.05) is 31.2 Å². The van der Waals surface area contributed by atoms with E-state index in [2.05, 4.69) is 76.5 Å². The Morgan fingerprint density at radius 1 is 1.11 bits per heavy atom. The molecule has 0 aromatic heterocycles. The lowest BCUT2D eigenvalue weighted by Gasteiger charge is -2.29. The standard InChI is InChI=1S/C23H30N4O/c1-2-27(18-10-4-3-5-11-18)16-8-15-24-23(28)22-20-14-13-17-9-6-7-12-19(17)21(20)25-26-22/h3-7,9-12,20-22,25-26H,2,8,13-16H2,1H3,(H,24,28). The highest BCUT2D eigenvalue weighted by molar-refractivity contribution is 5.82. The highest BCUT2D eigenvalue weighted by atomic mass is 16.2. The minimum absolute atomic E-state index is 0.113. The Balaban J connectivity index is 1.27. The smallest absolute Gasteiger partial charge is 0.238 e.